The van der Waals surface area contributed by atoms with E-state index in [1.807, 2.05) is 0 Å². The molecular weight excluding hydrogens is 132 g/mol. The molecule has 4 nitrogen and oxygen atoms in total. The highest BCUT2D eigenvalue weighted by Gasteiger charge is 1.56. The predicted octanol–water partition coefficient (Wildman–Crippen LogP) is 1.49. The van der Waals surface area contributed by atoms with Crippen LogP contribution in [0.4, 0.5) is 0 Å². The Bertz CT molecular complexity index is 87.3. The first kappa shape index (κ1) is 15.8. The maximum atomic E-state index is 6.88. The van der Waals surface area contributed by atoms with Gasteiger partial charge in [0.25, 0.3) is 12.5 Å². The molecular formula is C6H12N2O2. The Morgan fingerprint density at radius 3 is 1.10 bits per heavy atom. The van der Waals surface area contributed by atoms with Crippen LogP contribution in [0.1, 0.15) is 26.7 Å². The number of nitrogens with zero attached hydrogens (tertiary/aromatic N) is 2. The van der Waals surface area contributed by atoms with Crippen LogP contribution in [0.15, 0.2) is 0 Å². The Labute approximate surface area is 60.9 Å². The Morgan fingerprint density at radius 1 is 1.00 bits per heavy atom. The molecule has 0 saturated carbocycles. The standard InChI is InChI=1S/C4H10.2CHNO/c1-3-4-2;2*2-1-3/h3-4H2,1-2H3;2*3H. The second-order valence-electron chi connectivity index (χ2n) is 1.20. The van der Waals surface area contributed by atoms with E-state index < -0.39 is 0 Å². The molecule has 0 unspecified atom stereocenters. The van der Waals surface area contributed by atoms with E-state index >= 15 is 0 Å². The lowest BCUT2D eigenvalue weighted by atomic mass is 10.4. The fraction of sp³-hybridized carbons (Fsp3) is 0.667. The van der Waals surface area contributed by atoms with Crippen molar-refractivity contribution in [3.63, 3.8) is 0 Å². The van der Waals surface area contributed by atoms with Crippen molar-refractivity contribution in [2.45, 2.75) is 26.7 Å². The Kier molecular flexibility index (Phi) is 78.1. The first-order chi connectivity index (χ1) is 4.74. The molecule has 0 fully saturated rings. The lowest BCUT2D eigenvalue weighted by molar-refractivity contribution is 0.502. The van der Waals surface area contributed by atoms with Gasteiger partial charge in [-0.1, -0.05) is 26.7 Å². The Hall–Kier alpha value is -1.42. The van der Waals surface area contributed by atoms with Gasteiger partial charge in [-0.25, -0.2) is 0 Å². The van der Waals surface area contributed by atoms with Gasteiger partial charge >= 0.3 is 0 Å². The molecule has 0 aromatic carbocycles. The lowest BCUT2D eigenvalue weighted by Crippen LogP contribution is -1.47. The maximum Gasteiger partial charge on any atom is 0.283 e. The average molecular weight is 144 g/mol. The van der Waals surface area contributed by atoms with Gasteiger partial charge in [-0.3, -0.25) is 0 Å². The van der Waals surface area contributed by atoms with Crippen LogP contribution in [0.5, 0.6) is 0 Å². The molecule has 0 heterocycles. The van der Waals surface area contributed by atoms with Gasteiger partial charge in [-0.05, 0) is 0 Å². The summed E-state index contributed by atoms with van der Waals surface area (Å²) >= 11 is 0. The van der Waals surface area contributed by atoms with E-state index in [0.29, 0.717) is 0 Å². The third kappa shape index (κ3) is 1160. The minimum Gasteiger partial charge on any atom is -0.443 e. The van der Waals surface area contributed by atoms with Crippen LogP contribution >= 0.6 is 0 Å². The summed E-state index contributed by atoms with van der Waals surface area (Å²) < 4.78 is 0. The molecule has 0 aliphatic heterocycles. The second kappa shape index (κ2) is 49.3. The van der Waals surface area contributed by atoms with Gasteiger partial charge in [0, 0.05) is 0 Å². The minimum absolute atomic E-state index is 0.750. The van der Waals surface area contributed by atoms with Gasteiger partial charge in [-0.15, -0.1) is 0 Å². The van der Waals surface area contributed by atoms with Gasteiger partial charge < -0.3 is 10.2 Å². The number of aliphatic hydroxyl groups excluding tert-OH is 2. The molecule has 0 rings (SSSR count). The molecule has 58 valence electrons. The van der Waals surface area contributed by atoms with Crippen LogP contribution in [0.3, 0.4) is 0 Å². The van der Waals surface area contributed by atoms with Crippen molar-refractivity contribution in [3.8, 4) is 12.5 Å². The molecule has 10 heavy (non-hydrogen) atoms. The maximum absolute atomic E-state index is 6.88. The zero-order valence-corrected chi connectivity index (χ0v) is 6.20. The zero-order valence-electron chi connectivity index (χ0n) is 6.20. The molecule has 2 N–H and O–H groups in total. The van der Waals surface area contributed by atoms with Crippen molar-refractivity contribution in [3.05, 3.63) is 0 Å². The summed E-state index contributed by atoms with van der Waals surface area (Å²) in [4.78, 5) is 0. The number of unbranched alkanes of at least 4 members (excludes halogenated alkanes) is 1. The highest BCUT2D eigenvalue weighted by atomic mass is 16.2. The van der Waals surface area contributed by atoms with E-state index in [4.69, 9.17) is 20.7 Å². The predicted molar refractivity (Wildman–Crippen MR) is 35.7 cm³/mol. The van der Waals surface area contributed by atoms with Crippen LogP contribution in [-0.4, -0.2) is 10.2 Å². The van der Waals surface area contributed by atoms with Crippen molar-refractivity contribution in [1.82, 2.24) is 0 Å². The van der Waals surface area contributed by atoms with Crippen molar-refractivity contribution in [2.75, 3.05) is 0 Å². The van der Waals surface area contributed by atoms with Crippen LogP contribution in [0, 0.1) is 23.0 Å². The first-order valence-corrected chi connectivity index (χ1v) is 2.81. The van der Waals surface area contributed by atoms with E-state index in [-0.39, 0.29) is 0 Å². The molecule has 0 atom stereocenters. The summed E-state index contributed by atoms with van der Waals surface area (Å²) in [7, 11) is 0. The van der Waals surface area contributed by atoms with Crippen molar-refractivity contribution >= 4 is 0 Å². The zero-order chi connectivity index (χ0) is 8.83. The summed E-state index contributed by atoms with van der Waals surface area (Å²) in [5, 5.41) is 27.5. The van der Waals surface area contributed by atoms with E-state index in [9.17, 15) is 0 Å². The first-order valence-electron chi connectivity index (χ1n) is 2.81. The van der Waals surface area contributed by atoms with Gasteiger partial charge in [0.1, 0.15) is 0 Å². The summed E-state index contributed by atoms with van der Waals surface area (Å²) in [6.45, 7) is 4.36. The van der Waals surface area contributed by atoms with E-state index in [0.717, 1.165) is 12.5 Å². The molecule has 4 heteroatoms. The number of rotatable bonds is 1. The highest BCUT2D eigenvalue weighted by Crippen LogP contribution is 1.76. The Balaban J connectivity index is -0.0000000750. The molecule has 0 aromatic heterocycles. The smallest absolute Gasteiger partial charge is 0.283 e. The molecule has 0 amide bonds. The summed E-state index contributed by atoms with van der Waals surface area (Å²) in [6, 6.07) is 0. The molecule has 0 saturated heterocycles. The largest absolute Gasteiger partial charge is 0.443 e. The van der Waals surface area contributed by atoms with Gasteiger partial charge in [0.2, 0.25) is 0 Å². The lowest BCUT2D eigenvalue weighted by Gasteiger charge is -1.68. The summed E-state index contributed by atoms with van der Waals surface area (Å²) in [5.41, 5.74) is 0. The van der Waals surface area contributed by atoms with Crippen LogP contribution < -0.4 is 0 Å². The molecule has 0 spiro atoms. The third-order valence-electron chi connectivity index (χ3n) is 0.500. The van der Waals surface area contributed by atoms with Crippen LogP contribution in [-0.2, 0) is 0 Å². The number of nitriles is 2. The monoisotopic (exact) mass is 144 g/mol. The van der Waals surface area contributed by atoms with Gasteiger partial charge in [0.15, 0.2) is 0 Å². The van der Waals surface area contributed by atoms with E-state index in [1.54, 1.807) is 0 Å². The number of hydrogen-bond donors (Lipinski definition) is 2. The van der Waals surface area contributed by atoms with Crippen molar-refractivity contribution in [1.29, 1.82) is 10.5 Å². The molecule has 0 aliphatic carbocycles. The summed E-state index contributed by atoms with van der Waals surface area (Å²) in [5.74, 6) is 0. The van der Waals surface area contributed by atoms with Crippen molar-refractivity contribution < 1.29 is 10.2 Å². The molecule has 0 aliphatic rings. The SMILES string of the molecule is CCCC.N#CO.N#CO. The van der Waals surface area contributed by atoms with Crippen LogP contribution in [0.25, 0.3) is 0 Å². The fourth-order valence-electron chi connectivity index (χ4n) is 0. The average Bonchev–Trinajstić information content (AvgIpc) is 1.91. The minimum atomic E-state index is 0.750. The van der Waals surface area contributed by atoms with Gasteiger partial charge in [-0.2, -0.15) is 10.5 Å². The third-order valence-corrected chi connectivity index (χ3v) is 0.500. The molecule has 0 aromatic rings. The second-order valence-corrected chi connectivity index (χ2v) is 1.20. The molecule has 0 radical (unpaired) electrons. The fourth-order valence-corrected chi connectivity index (χ4v) is 0. The normalized spacial score (nSPS) is 4.40. The van der Waals surface area contributed by atoms with Crippen LogP contribution in [0.2, 0.25) is 0 Å². The highest BCUT2D eigenvalue weighted by molar-refractivity contribution is 4.31. The summed E-state index contributed by atoms with van der Waals surface area (Å²) in [6.07, 6.45) is 4.14. The van der Waals surface area contributed by atoms with Crippen molar-refractivity contribution in [2.24, 2.45) is 0 Å². The quantitative estimate of drug-likeness (QED) is 0.545. The van der Waals surface area contributed by atoms with E-state index in [1.165, 1.54) is 12.8 Å². The van der Waals surface area contributed by atoms with E-state index in [2.05, 4.69) is 13.8 Å². The Morgan fingerprint density at radius 2 is 1.10 bits per heavy atom. The number of aliphatic hydroxyl groups is 2. The number of hydrogen-bond acceptors (Lipinski definition) is 4. The molecule has 0 bridgehead atoms. The topological polar surface area (TPSA) is 88.0 Å². The van der Waals surface area contributed by atoms with Gasteiger partial charge in [0.05, 0.1) is 0 Å².